The number of hydrogen-bond donors (Lipinski definition) is 1. The Balaban J connectivity index is 1.62. The highest BCUT2D eigenvalue weighted by molar-refractivity contribution is 5.93. The highest BCUT2D eigenvalue weighted by atomic mass is 16.4. The summed E-state index contributed by atoms with van der Waals surface area (Å²) in [5.41, 5.74) is 1.29. The van der Waals surface area contributed by atoms with E-state index in [0.29, 0.717) is 23.7 Å². The van der Waals surface area contributed by atoms with E-state index in [1.807, 2.05) is 32.0 Å². The maximum Gasteiger partial charge on any atom is 0.251 e. The largest absolute Gasteiger partial charge is 0.444 e. The van der Waals surface area contributed by atoms with E-state index < -0.39 is 0 Å². The van der Waals surface area contributed by atoms with Gasteiger partial charge in [0.2, 0.25) is 5.89 Å². The minimum Gasteiger partial charge on any atom is -0.444 e. The number of rotatable bonds is 5. The van der Waals surface area contributed by atoms with E-state index in [1.54, 1.807) is 29.2 Å². The van der Waals surface area contributed by atoms with Crippen molar-refractivity contribution < 1.29 is 9.21 Å². The molecule has 0 spiro atoms. The lowest BCUT2D eigenvalue weighted by Gasteiger charge is -2.06. The van der Waals surface area contributed by atoms with E-state index >= 15 is 0 Å². The third-order valence-corrected chi connectivity index (χ3v) is 3.42. The van der Waals surface area contributed by atoms with Crippen LogP contribution in [0.15, 0.2) is 47.1 Å². The molecule has 3 aromatic rings. The molecular formula is C16H17N5O2. The van der Waals surface area contributed by atoms with Crippen molar-refractivity contribution in [2.75, 3.05) is 0 Å². The fraction of sp³-hybridized carbons (Fsp3) is 0.250. The summed E-state index contributed by atoms with van der Waals surface area (Å²) >= 11 is 0. The van der Waals surface area contributed by atoms with Crippen molar-refractivity contribution in [3.8, 4) is 0 Å². The minimum atomic E-state index is -0.158. The van der Waals surface area contributed by atoms with Gasteiger partial charge in [0.1, 0.15) is 17.5 Å². The van der Waals surface area contributed by atoms with Crippen LogP contribution in [0.3, 0.4) is 0 Å². The van der Waals surface area contributed by atoms with Gasteiger partial charge in [0, 0.05) is 5.56 Å². The van der Waals surface area contributed by atoms with Crippen LogP contribution in [0.5, 0.6) is 0 Å². The van der Waals surface area contributed by atoms with Gasteiger partial charge in [-0.15, -0.1) is 5.10 Å². The molecule has 118 valence electrons. The summed E-state index contributed by atoms with van der Waals surface area (Å²) in [7, 11) is 0. The van der Waals surface area contributed by atoms with Crippen molar-refractivity contribution in [1.82, 2.24) is 25.3 Å². The second-order valence-electron chi connectivity index (χ2n) is 5.22. The number of oxazole rings is 1. The molecule has 1 atom stereocenters. The molecule has 0 saturated heterocycles. The highest BCUT2D eigenvalue weighted by Gasteiger charge is 2.15. The maximum atomic E-state index is 12.0. The Morgan fingerprint density at radius 1 is 1.35 bits per heavy atom. The van der Waals surface area contributed by atoms with Gasteiger partial charge in [-0.05, 0) is 26.0 Å². The van der Waals surface area contributed by atoms with Gasteiger partial charge in [0.15, 0.2) is 0 Å². The first-order chi connectivity index (χ1) is 11.1. The number of benzene rings is 1. The van der Waals surface area contributed by atoms with Gasteiger partial charge in [-0.1, -0.05) is 23.4 Å². The van der Waals surface area contributed by atoms with Crippen LogP contribution in [0.2, 0.25) is 0 Å². The monoisotopic (exact) mass is 311 g/mol. The molecule has 1 N–H and O–H groups in total. The van der Waals surface area contributed by atoms with E-state index in [-0.39, 0.29) is 11.9 Å². The number of nitrogens with one attached hydrogen (secondary N) is 1. The molecule has 0 aliphatic carbocycles. The lowest BCUT2D eigenvalue weighted by Crippen LogP contribution is -2.22. The topological polar surface area (TPSA) is 85.8 Å². The molecule has 7 heteroatoms. The Kier molecular flexibility index (Phi) is 4.18. The highest BCUT2D eigenvalue weighted by Crippen LogP contribution is 2.16. The number of hydrogen-bond acceptors (Lipinski definition) is 5. The normalized spacial score (nSPS) is 12.1. The van der Waals surface area contributed by atoms with Gasteiger partial charge in [0.25, 0.3) is 5.91 Å². The minimum absolute atomic E-state index is 0.142. The molecule has 0 saturated carbocycles. The van der Waals surface area contributed by atoms with Crippen molar-refractivity contribution in [1.29, 1.82) is 0 Å². The lowest BCUT2D eigenvalue weighted by atomic mass is 10.2. The summed E-state index contributed by atoms with van der Waals surface area (Å²) in [6.07, 6.45) is 3.44. The average Bonchev–Trinajstić information content (AvgIpc) is 3.22. The fourth-order valence-corrected chi connectivity index (χ4v) is 2.12. The van der Waals surface area contributed by atoms with Crippen LogP contribution >= 0.6 is 0 Å². The van der Waals surface area contributed by atoms with Gasteiger partial charge in [-0.2, -0.15) is 0 Å². The van der Waals surface area contributed by atoms with Crippen LogP contribution in [-0.4, -0.2) is 25.9 Å². The molecule has 23 heavy (non-hydrogen) atoms. The van der Waals surface area contributed by atoms with Gasteiger partial charge in [0.05, 0.1) is 18.9 Å². The van der Waals surface area contributed by atoms with Crippen molar-refractivity contribution in [2.24, 2.45) is 0 Å². The molecule has 0 radical (unpaired) electrons. The molecule has 0 bridgehead atoms. The van der Waals surface area contributed by atoms with Crippen LogP contribution in [-0.2, 0) is 6.54 Å². The Hall–Kier alpha value is -2.96. The molecule has 2 heterocycles. The molecule has 1 unspecified atom stereocenters. The van der Waals surface area contributed by atoms with Gasteiger partial charge < -0.3 is 9.73 Å². The SMILES string of the molecule is Cc1cnc(C(C)n2cc(CNC(=O)c3ccccc3)nn2)o1. The van der Waals surface area contributed by atoms with Crippen molar-refractivity contribution in [3.05, 3.63) is 65.6 Å². The summed E-state index contributed by atoms with van der Waals surface area (Å²) in [4.78, 5) is 16.2. The molecule has 7 nitrogen and oxygen atoms in total. The summed E-state index contributed by atoms with van der Waals surface area (Å²) in [6.45, 7) is 4.08. The Labute approximate surface area is 133 Å². The second kappa shape index (κ2) is 6.43. The number of nitrogens with zero attached hydrogens (tertiary/aromatic N) is 4. The Bertz CT molecular complexity index is 794. The first kappa shape index (κ1) is 15.0. The van der Waals surface area contributed by atoms with Crippen LogP contribution in [0.1, 0.15) is 40.7 Å². The van der Waals surface area contributed by atoms with Crippen molar-refractivity contribution >= 4 is 5.91 Å². The molecular weight excluding hydrogens is 294 g/mol. The second-order valence-corrected chi connectivity index (χ2v) is 5.22. The van der Waals surface area contributed by atoms with Crippen LogP contribution < -0.4 is 5.32 Å². The third kappa shape index (κ3) is 3.45. The first-order valence-corrected chi connectivity index (χ1v) is 7.30. The number of carbonyl (C=O) groups is 1. The first-order valence-electron chi connectivity index (χ1n) is 7.30. The third-order valence-electron chi connectivity index (χ3n) is 3.42. The predicted molar refractivity (Wildman–Crippen MR) is 82.7 cm³/mol. The van der Waals surface area contributed by atoms with Crippen LogP contribution in [0.4, 0.5) is 0 Å². The molecule has 0 aliphatic rings. The summed E-state index contributed by atoms with van der Waals surface area (Å²) in [5.74, 6) is 1.19. The lowest BCUT2D eigenvalue weighted by molar-refractivity contribution is 0.0950. The van der Waals surface area contributed by atoms with E-state index in [9.17, 15) is 4.79 Å². The Morgan fingerprint density at radius 3 is 2.83 bits per heavy atom. The maximum absolute atomic E-state index is 12.0. The molecule has 0 aliphatic heterocycles. The number of amides is 1. The van der Waals surface area contributed by atoms with Crippen LogP contribution in [0, 0.1) is 6.92 Å². The van der Waals surface area contributed by atoms with E-state index in [4.69, 9.17) is 4.42 Å². The number of aryl methyl sites for hydroxylation is 1. The predicted octanol–water partition coefficient (Wildman–Crippen LogP) is 2.11. The summed E-state index contributed by atoms with van der Waals surface area (Å²) in [6, 6.07) is 8.89. The number of carbonyl (C=O) groups excluding carboxylic acids is 1. The van der Waals surface area contributed by atoms with E-state index in [2.05, 4.69) is 20.6 Å². The zero-order valence-corrected chi connectivity index (χ0v) is 12.9. The van der Waals surface area contributed by atoms with Gasteiger partial charge in [-0.3, -0.25) is 4.79 Å². The van der Waals surface area contributed by atoms with E-state index in [1.165, 1.54) is 0 Å². The van der Waals surface area contributed by atoms with Crippen molar-refractivity contribution in [2.45, 2.75) is 26.4 Å². The van der Waals surface area contributed by atoms with Gasteiger partial charge >= 0.3 is 0 Å². The molecule has 1 amide bonds. The Morgan fingerprint density at radius 2 is 2.13 bits per heavy atom. The molecule has 1 aromatic carbocycles. The zero-order valence-electron chi connectivity index (χ0n) is 12.9. The molecule has 0 fully saturated rings. The average molecular weight is 311 g/mol. The van der Waals surface area contributed by atoms with Gasteiger partial charge in [-0.25, -0.2) is 9.67 Å². The summed E-state index contributed by atoms with van der Waals surface area (Å²) < 4.78 is 7.16. The fourth-order valence-electron chi connectivity index (χ4n) is 2.12. The zero-order chi connectivity index (χ0) is 16.2. The van der Waals surface area contributed by atoms with Crippen LogP contribution in [0.25, 0.3) is 0 Å². The molecule has 3 rings (SSSR count). The smallest absolute Gasteiger partial charge is 0.251 e. The van der Waals surface area contributed by atoms with Crippen molar-refractivity contribution in [3.63, 3.8) is 0 Å². The number of aromatic nitrogens is 4. The quantitative estimate of drug-likeness (QED) is 0.780. The standard InChI is InChI=1S/C16H17N5O2/c1-11-8-18-16(23-11)12(2)21-10-14(19-20-21)9-17-15(22)13-6-4-3-5-7-13/h3-8,10,12H,9H2,1-2H3,(H,17,22). The summed E-state index contributed by atoms with van der Waals surface area (Å²) in [5, 5.41) is 10.9. The molecule has 2 aromatic heterocycles. The van der Waals surface area contributed by atoms with E-state index in [0.717, 1.165) is 5.76 Å².